The summed E-state index contributed by atoms with van der Waals surface area (Å²) in [5.74, 6) is 1.21. The number of aryl methyl sites for hydroxylation is 1. The number of imidazole rings is 1. The number of hydrogen-bond donors (Lipinski definition) is 3. The lowest BCUT2D eigenvalue weighted by molar-refractivity contribution is 0.0617. The Morgan fingerprint density at radius 1 is 1.29 bits per heavy atom. The van der Waals surface area contributed by atoms with Gasteiger partial charge in [-0.1, -0.05) is 25.1 Å². The van der Waals surface area contributed by atoms with Gasteiger partial charge < -0.3 is 20.7 Å². The van der Waals surface area contributed by atoms with Gasteiger partial charge in [-0.15, -0.1) is 0 Å². The van der Waals surface area contributed by atoms with Crippen molar-refractivity contribution >= 4 is 16.9 Å². The summed E-state index contributed by atoms with van der Waals surface area (Å²) in [6, 6.07) is 7.70. The molecule has 2 heterocycles. The van der Waals surface area contributed by atoms with Crippen LogP contribution in [0.15, 0.2) is 30.5 Å². The SMILES string of the molecule is CCNCc1nc2c(N)ncccccc(C)c2n1CC(C)(C)O. The first-order valence-corrected chi connectivity index (χ1v) is 8.20. The van der Waals surface area contributed by atoms with Gasteiger partial charge in [0, 0.05) is 6.20 Å². The van der Waals surface area contributed by atoms with Gasteiger partial charge in [0.2, 0.25) is 0 Å². The smallest absolute Gasteiger partial charge is 0.151 e. The molecule has 6 nitrogen and oxygen atoms in total. The van der Waals surface area contributed by atoms with Gasteiger partial charge in [0.25, 0.3) is 0 Å². The van der Waals surface area contributed by atoms with Crippen LogP contribution in [0.25, 0.3) is 11.0 Å². The van der Waals surface area contributed by atoms with Gasteiger partial charge in [0.15, 0.2) is 5.82 Å². The molecule has 2 rings (SSSR count). The highest BCUT2D eigenvalue weighted by molar-refractivity contribution is 5.86. The Morgan fingerprint density at radius 2 is 2.04 bits per heavy atom. The molecule has 0 aliphatic heterocycles. The summed E-state index contributed by atoms with van der Waals surface area (Å²) in [4.78, 5) is 8.98. The van der Waals surface area contributed by atoms with Crippen LogP contribution in [0.1, 0.15) is 32.2 Å². The Labute approximate surface area is 143 Å². The van der Waals surface area contributed by atoms with Crippen LogP contribution in [0.3, 0.4) is 0 Å². The second-order valence-corrected chi connectivity index (χ2v) is 6.49. The Morgan fingerprint density at radius 3 is 2.71 bits per heavy atom. The number of nitrogen functional groups attached to an aromatic ring is 1. The van der Waals surface area contributed by atoms with Crippen molar-refractivity contribution in [3.05, 3.63) is 41.9 Å². The normalized spacial score (nSPS) is 11.5. The third-order valence-electron chi connectivity index (χ3n) is 3.61. The van der Waals surface area contributed by atoms with Gasteiger partial charge in [-0.25, -0.2) is 9.97 Å². The van der Waals surface area contributed by atoms with Crippen molar-refractivity contribution in [1.82, 2.24) is 19.9 Å². The van der Waals surface area contributed by atoms with Gasteiger partial charge in [0.05, 0.1) is 24.2 Å². The number of aromatic nitrogens is 3. The van der Waals surface area contributed by atoms with Gasteiger partial charge >= 0.3 is 0 Å². The lowest BCUT2D eigenvalue weighted by Crippen LogP contribution is -2.28. The molecular formula is C18H27N5O. The number of hydrogen-bond acceptors (Lipinski definition) is 5. The van der Waals surface area contributed by atoms with Crippen molar-refractivity contribution < 1.29 is 5.11 Å². The summed E-state index contributed by atoms with van der Waals surface area (Å²) >= 11 is 0. The molecular weight excluding hydrogens is 302 g/mol. The molecule has 0 fully saturated rings. The van der Waals surface area contributed by atoms with Gasteiger partial charge in [0.1, 0.15) is 11.3 Å². The third kappa shape index (κ3) is 4.43. The molecule has 0 aliphatic carbocycles. The Hall–Kier alpha value is -2.18. The summed E-state index contributed by atoms with van der Waals surface area (Å²) in [5, 5.41) is 13.6. The summed E-state index contributed by atoms with van der Waals surface area (Å²) in [6.45, 7) is 9.50. The number of fused-ring (bicyclic) bond motifs is 1. The van der Waals surface area contributed by atoms with Crippen molar-refractivity contribution in [3.63, 3.8) is 0 Å². The van der Waals surface area contributed by atoms with E-state index in [1.54, 1.807) is 20.0 Å². The fraction of sp³-hybridized carbons (Fsp3) is 0.444. The Bertz CT molecular complexity index is 760. The van der Waals surface area contributed by atoms with Crippen LogP contribution in [0.4, 0.5) is 5.82 Å². The monoisotopic (exact) mass is 329 g/mol. The zero-order valence-corrected chi connectivity index (χ0v) is 14.9. The molecule has 4 N–H and O–H groups in total. The lowest BCUT2D eigenvalue weighted by Gasteiger charge is -2.20. The zero-order valence-electron chi connectivity index (χ0n) is 14.9. The van der Waals surface area contributed by atoms with E-state index < -0.39 is 5.60 Å². The average molecular weight is 329 g/mol. The molecule has 2 aromatic heterocycles. The van der Waals surface area contributed by atoms with E-state index in [0.29, 0.717) is 24.4 Å². The van der Waals surface area contributed by atoms with E-state index in [-0.39, 0.29) is 0 Å². The Balaban J connectivity index is 2.84. The maximum Gasteiger partial charge on any atom is 0.151 e. The summed E-state index contributed by atoms with van der Waals surface area (Å²) in [7, 11) is 0. The topological polar surface area (TPSA) is 89.0 Å². The fourth-order valence-electron chi connectivity index (χ4n) is 2.58. The van der Waals surface area contributed by atoms with Crippen molar-refractivity contribution in [1.29, 1.82) is 0 Å². The first kappa shape index (κ1) is 18.2. The van der Waals surface area contributed by atoms with E-state index >= 15 is 0 Å². The van der Waals surface area contributed by atoms with Crippen LogP contribution < -0.4 is 11.1 Å². The molecule has 0 saturated heterocycles. The van der Waals surface area contributed by atoms with E-state index in [1.165, 1.54) is 0 Å². The minimum absolute atomic E-state index is 0.372. The molecule has 130 valence electrons. The lowest BCUT2D eigenvalue weighted by atomic mass is 10.1. The maximum absolute atomic E-state index is 10.3. The van der Waals surface area contributed by atoms with Crippen molar-refractivity contribution in [3.8, 4) is 0 Å². The van der Waals surface area contributed by atoms with E-state index in [1.807, 2.05) is 42.7 Å². The standard InChI is InChI=1S/C18H27N5O/c1-5-20-11-14-22-15-16(23(14)12-18(3,4)24)13(2)9-7-6-8-10-21-17(15)19/h6-10,20,24H,5,11-12H2,1-4H3,(H2,19,21). The summed E-state index contributed by atoms with van der Waals surface area (Å²) in [5.41, 5.74) is 7.86. The molecule has 0 radical (unpaired) electrons. The molecule has 24 heavy (non-hydrogen) atoms. The number of nitrogens with two attached hydrogens (primary N) is 1. The molecule has 0 saturated carbocycles. The molecule has 0 amide bonds. The van der Waals surface area contributed by atoms with Crippen LogP contribution in [-0.4, -0.2) is 31.8 Å². The zero-order chi connectivity index (χ0) is 17.7. The molecule has 0 spiro atoms. The number of nitrogens with zero attached hydrogens (tertiary/aromatic N) is 3. The molecule has 0 bridgehead atoms. The molecule has 0 unspecified atom stereocenters. The van der Waals surface area contributed by atoms with Crippen LogP contribution in [-0.2, 0) is 13.1 Å². The molecule has 0 atom stereocenters. The summed E-state index contributed by atoms with van der Waals surface area (Å²) < 4.78 is 2.03. The van der Waals surface area contributed by atoms with Gasteiger partial charge in [-0.2, -0.15) is 0 Å². The van der Waals surface area contributed by atoms with Crippen molar-refractivity contribution in [2.45, 2.75) is 46.4 Å². The molecule has 2 aromatic rings. The molecule has 0 aliphatic rings. The second kappa shape index (κ2) is 7.59. The molecule has 6 heteroatoms. The first-order valence-electron chi connectivity index (χ1n) is 8.20. The predicted molar refractivity (Wildman–Crippen MR) is 98.0 cm³/mol. The fourth-order valence-corrected chi connectivity index (χ4v) is 2.58. The first-order chi connectivity index (χ1) is 11.3. The number of aliphatic hydroxyl groups is 1. The van der Waals surface area contributed by atoms with E-state index in [4.69, 9.17) is 10.7 Å². The van der Waals surface area contributed by atoms with Crippen LogP contribution in [0.2, 0.25) is 0 Å². The number of rotatable bonds is 5. The summed E-state index contributed by atoms with van der Waals surface area (Å²) in [6.07, 6.45) is 1.66. The minimum atomic E-state index is -0.868. The quantitative estimate of drug-likeness (QED) is 0.783. The van der Waals surface area contributed by atoms with Crippen LogP contribution in [0.5, 0.6) is 0 Å². The number of anilines is 1. The van der Waals surface area contributed by atoms with E-state index in [2.05, 4.69) is 10.3 Å². The van der Waals surface area contributed by atoms with Crippen molar-refractivity contribution in [2.75, 3.05) is 12.3 Å². The third-order valence-corrected chi connectivity index (χ3v) is 3.61. The number of nitrogens with one attached hydrogen (secondary N) is 1. The van der Waals surface area contributed by atoms with E-state index in [9.17, 15) is 5.11 Å². The Kier molecular flexibility index (Phi) is 5.75. The largest absolute Gasteiger partial charge is 0.389 e. The van der Waals surface area contributed by atoms with Crippen molar-refractivity contribution in [2.24, 2.45) is 0 Å². The van der Waals surface area contributed by atoms with Crippen LogP contribution >= 0.6 is 0 Å². The second-order valence-electron chi connectivity index (χ2n) is 6.49. The highest BCUT2D eigenvalue weighted by atomic mass is 16.3. The van der Waals surface area contributed by atoms with E-state index in [0.717, 1.165) is 23.4 Å². The van der Waals surface area contributed by atoms with Gasteiger partial charge in [-0.05, 0) is 38.9 Å². The average Bonchev–Trinajstić information content (AvgIpc) is 2.84. The molecule has 0 aromatic carbocycles. The highest BCUT2D eigenvalue weighted by Crippen LogP contribution is 2.23. The highest BCUT2D eigenvalue weighted by Gasteiger charge is 2.20. The predicted octanol–water partition coefficient (Wildman–Crippen LogP) is 2.33. The van der Waals surface area contributed by atoms with Gasteiger partial charge in [-0.3, -0.25) is 0 Å². The van der Waals surface area contributed by atoms with Crippen LogP contribution in [0, 0.1) is 6.92 Å². The minimum Gasteiger partial charge on any atom is -0.389 e. The maximum atomic E-state index is 10.3.